The van der Waals surface area contributed by atoms with Gasteiger partial charge in [-0.3, -0.25) is 14.6 Å². The lowest BCUT2D eigenvalue weighted by molar-refractivity contribution is -0.137. The van der Waals surface area contributed by atoms with E-state index in [-0.39, 0.29) is 11.8 Å². The number of pyridine rings is 1. The summed E-state index contributed by atoms with van der Waals surface area (Å²) in [6, 6.07) is 3.74. The maximum Gasteiger partial charge on any atom is 0.245 e. The fourth-order valence-corrected chi connectivity index (χ4v) is 3.72. The average molecular weight is 343 g/mol. The minimum Gasteiger partial charge on any atom is -0.345 e. The molecule has 2 fully saturated rings. The van der Waals surface area contributed by atoms with Crippen LogP contribution >= 0.6 is 0 Å². The zero-order chi connectivity index (χ0) is 17.6. The molecule has 2 aliphatic rings. The molecule has 1 N–H and O–H groups in total. The van der Waals surface area contributed by atoms with Gasteiger partial charge in [-0.25, -0.2) is 0 Å². The molecule has 0 bridgehead atoms. The van der Waals surface area contributed by atoms with Crippen LogP contribution in [-0.2, 0) is 16.1 Å². The Hall–Kier alpha value is -1.91. The Bertz CT molecular complexity index is 580. The fraction of sp³-hybridized carbons (Fsp3) is 0.650. The van der Waals surface area contributed by atoms with Gasteiger partial charge in [-0.15, -0.1) is 0 Å². The summed E-state index contributed by atoms with van der Waals surface area (Å²) in [5.74, 6) is 0.538. The molecule has 0 unspecified atom stereocenters. The van der Waals surface area contributed by atoms with E-state index in [9.17, 15) is 9.59 Å². The lowest BCUT2D eigenvalue weighted by Crippen LogP contribution is -2.47. The van der Waals surface area contributed by atoms with Crippen molar-refractivity contribution in [2.75, 3.05) is 0 Å². The van der Waals surface area contributed by atoms with Crippen molar-refractivity contribution in [3.8, 4) is 0 Å². The van der Waals surface area contributed by atoms with Crippen molar-refractivity contribution in [1.29, 1.82) is 0 Å². The second-order valence-electron chi connectivity index (χ2n) is 7.55. The molecule has 1 aromatic heterocycles. The standard InChI is InChI=1S/C20H29N3O2/c1-15(22-19(24)13-16-5-3-2-4-6-16)20(25)23(18-7-8-18)14-17-9-11-21-12-10-17/h9-12,15-16,18H,2-8,13-14H2,1H3,(H,22,24)/t15-/m0/s1. The van der Waals surface area contributed by atoms with Crippen LogP contribution in [0.5, 0.6) is 0 Å². The van der Waals surface area contributed by atoms with Crippen LogP contribution in [0.15, 0.2) is 24.5 Å². The van der Waals surface area contributed by atoms with Gasteiger partial charge in [-0.05, 0) is 56.2 Å². The quantitative estimate of drug-likeness (QED) is 0.828. The van der Waals surface area contributed by atoms with Gasteiger partial charge < -0.3 is 10.2 Å². The highest BCUT2D eigenvalue weighted by molar-refractivity contribution is 5.87. The van der Waals surface area contributed by atoms with Gasteiger partial charge in [0.2, 0.25) is 11.8 Å². The average Bonchev–Trinajstić information content (AvgIpc) is 3.45. The van der Waals surface area contributed by atoms with Crippen molar-refractivity contribution in [1.82, 2.24) is 15.2 Å². The molecule has 2 aliphatic carbocycles. The van der Waals surface area contributed by atoms with Gasteiger partial charge in [0, 0.05) is 31.4 Å². The minimum atomic E-state index is -0.460. The van der Waals surface area contributed by atoms with Crippen LogP contribution in [0, 0.1) is 5.92 Å². The minimum absolute atomic E-state index is 0.0207. The molecule has 2 saturated carbocycles. The number of hydrogen-bond acceptors (Lipinski definition) is 3. The van der Waals surface area contributed by atoms with Gasteiger partial charge >= 0.3 is 0 Å². The highest BCUT2D eigenvalue weighted by Gasteiger charge is 2.35. The number of rotatable bonds is 7. The van der Waals surface area contributed by atoms with E-state index < -0.39 is 6.04 Å². The Balaban J connectivity index is 1.53. The summed E-state index contributed by atoms with van der Waals surface area (Å²) >= 11 is 0. The molecule has 5 heteroatoms. The molecule has 0 spiro atoms. The zero-order valence-corrected chi connectivity index (χ0v) is 15.1. The Kier molecular flexibility index (Phi) is 6.05. The van der Waals surface area contributed by atoms with E-state index in [0.29, 0.717) is 24.9 Å². The van der Waals surface area contributed by atoms with E-state index in [0.717, 1.165) is 31.2 Å². The first-order chi connectivity index (χ1) is 12.1. The molecular formula is C20H29N3O2. The van der Waals surface area contributed by atoms with Crippen LogP contribution in [0.2, 0.25) is 0 Å². The molecule has 2 amide bonds. The predicted octanol–water partition coefficient (Wildman–Crippen LogP) is 3.05. The van der Waals surface area contributed by atoms with Crippen molar-refractivity contribution in [3.05, 3.63) is 30.1 Å². The number of aromatic nitrogens is 1. The maximum atomic E-state index is 12.9. The summed E-state index contributed by atoms with van der Waals surface area (Å²) in [5.41, 5.74) is 1.08. The maximum absolute atomic E-state index is 12.9. The summed E-state index contributed by atoms with van der Waals surface area (Å²) in [6.45, 7) is 2.40. The molecule has 0 saturated heterocycles. The summed E-state index contributed by atoms with van der Waals surface area (Å²) in [5, 5.41) is 2.93. The van der Waals surface area contributed by atoms with Gasteiger partial charge in [-0.2, -0.15) is 0 Å². The molecule has 3 rings (SSSR count). The number of carbonyl (C=O) groups excluding carboxylic acids is 2. The number of hydrogen-bond donors (Lipinski definition) is 1. The Morgan fingerprint density at radius 2 is 1.84 bits per heavy atom. The summed E-state index contributed by atoms with van der Waals surface area (Å²) in [4.78, 5) is 31.1. The SMILES string of the molecule is C[C@H](NC(=O)CC1CCCCC1)C(=O)N(Cc1ccncc1)C1CC1. The number of amides is 2. The van der Waals surface area contributed by atoms with Gasteiger partial charge in [0.1, 0.15) is 6.04 Å². The second kappa shape index (κ2) is 8.45. The van der Waals surface area contributed by atoms with Crippen molar-refractivity contribution in [2.45, 2.75) is 76.9 Å². The van der Waals surface area contributed by atoms with Crippen molar-refractivity contribution >= 4 is 11.8 Å². The third-order valence-electron chi connectivity index (χ3n) is 5.32. The molecular weight excluding hydrogens is 314 g/mol. The third-order valence-corrected chi connectivity index (χ3v) is 5.32. The second-order valence-corrected chi connectivity index (χ2v) is 7.55. The normalized spacial score (nSPS) is 19.2. The molecule has 1 heterocycles. The van der Waals surface area contributed by atoms with Crippen LogP contribution in [0.3, 0.4) is 0 Å². The van der Waals surface area contributed by atoms with Crippen LogP contribution in [-0.4, -0.2) is 33.8 Å². The smallest absolute Gasteiger partial charge is 0.245 e. The van der Waals surface area contributed by atoms with Gasteiger partial charge in [0.25, 0.3) is 0 Å². The number of carbonyl (C=O) groups is 2. The third kappa shape index (κ3) is 5.28. The monoisotopic (exact) mass is 343 g/mol. The number of nitrogens with one attached hydrogen (secondary N) is 1. The zero-order valence-electron chi connectivity index (χ0n) is 15.1. The fourth-order valence-electron chi connectivity index (χ4n) is 3.72. The summed E-state index contributed by atoms with van der Waals surface area (Å²) < 4.78 is 0. The summed E-state index contributed by atoms with van der Waals surface area (Å²) in [6.07, 6.45) is 12.2. The molecule has 1 atom stereocenters. The van der Waals surface area contributed by atoms with E-state index in [1.165, 1.54) is 19.3 Å². The van der Waals surface area contributed by atoms with E-state index in [4.69, 9.17) is 0 Å². The number of nitrogens with zero attached hydrogens (tertiary/aromatic N) is 2. The molecule has 5 nitrogen and oxygen atoms in total. The van der Waals surface area contributed by atoms with E-state index in [2.05, 4.69) is 10.3 Å². The topological polar surface area (TPSA) is 62.3 Å². The Labute approximate surface area is 150 Å². The van der Waals surface area contributed by atoms with Gasteiger partial charge in [0.05, 0.1) is 0 Å². The van der Waals surface area contributed by atoms with Gasteiger partial charge in [-0.1, -0.05) is 19.3 Å². The molecule has 0 radical (unpaired) electrons. The predicted molar refractivity (Wildman–Crippen MR) is 96.6 cm³/mol. The highest BCUT2D eigenvalue weighted by Crippen LogP contribution is 2.29. The summed E-state index contributed by atoms with van der Waals surface area (Å²) in [7, 11) is 0. The van der Waals surface area contributed by atoms with Crippen LogP contribution in [0.1, 0.15) is 63.9 Å². The van der Waals surface area contributed by atoms with E-state index >= 15 is 0 Å². The lowest BCUT2D eigenvalue weighted by Gasteiger charge is -2.27. The highest BCUT2D eigenvalue weighted by atomic mass is 16.2. The van der Waals surface area contributed by atoms with E-state index in [1.54, 1.807) is 12.4 Å². The molecule has 0 aromatic carbocycles. The van der Waals surface area contributed by atoms with Crippen molar-refractivity contribution in [2.24, 2.45) is 5.92 Å². The Morgan fingerprint density at radius 3 is 2.48 bits per heavy atom. The largest absolute Gasteiger partial charge is 0.345 e. The first-order valence-electron chi connectivity index (χ1n) is 9.62. The Morgan fingerprint density at radius 1 is 1.16 bits per heavy atom. The molecule has 1 aromatic rings. The lowest BCUT2D eigenvalue weighted by atomic mass is 9.87. The van der Waals surface area contributed by atoms with Crippen LogP contribution < -0.4 is 5.32 Å². The van der Waals surface area contributed by atoms with Crippen LogP contribution in [0.4, 0.5) is 0 Å². The molecule has 25 heavy (non-hydrogen) atoms. The first-order valence-corrected chi connectivity index (χ1v) is 9.62. The van der Waals surface area contributed by atoms with Crippen molar-refractivity contribution < 1.29 is 9.59 Å². The first kappa shape index (κ1) is 17.9. The van der Waals surface area contributed by atoms with E-state index in [1.807, 2.05) is 24.0 Å². The molecule has 0 aliphatic heterocycles. The van der Waals surface area contributed by atoms with Crippen LogP contribution in [0.25, 0.3) is 0 Å². The van der Waals surface area contributed by atoms with Crippen molar-refractivity contribution in [3.63, 3.8) is 0 Å². The molecule has 136 valence electrons. The van der Waals surface area contributed by atoms with Gasteiger partial charge in [0.15, 0.2) is 0 Å².